The average molecular weight is 521 g/mol. The van der Waals surface area contributed by atoms with Crippen LogP contribution in [0.25, 0.3) is 11.1 Å². The zero-order chi connectivity index (χ0) is 27.2. The van der Waals surface area contributed by atoms with Crippen LogP contribution >= 0.6 is 0 Å². The summed E-state index contributed by atoms with van der Waals surface area (Å²) < 4.78 is 15.1. The number of nitrogens with one attached hydrogen (secondary N) is 1. The molecule has 1 saturated heterocycles. The van der Waals surface area contributed by atoms with Gasteiger partial charge in [0.25, 0.3) is 5.91 Å². The Labute approximate surface area is 229 Å². The number of hydrogen-bond donors (Lipinski definition) is 1. The molecule has 198 valence electrons. The average Bonchev–Trinajstić information content (AvgIpc) is 3.00. The number of piperidine rings is 1. The predicted molar refractivity (Wildman–Crippen MR) is 153 cm³/mol. The third kappa shape index (κ3) is 5.35. The van der Waals surface area contributed by atoms with E-state index in [0.717, 1.165) is 23.1 Å². The summed E-state index contributed by atoms with van der Waals surface area (Å²) in [6.07, 6.45) is 1.67. The molecular formula is C34H33FN2O2. The van der Waals surface area contributed by atoms with Crippen LogP contribution in [0.2, 0.25) is 0 Å². The zero-order valence-corrected chi connectivity index (χ0v) is 22.1. The van der Waals surface area contributed by atoms with Crippen LogP contribution < -0.4 is 5.32 Å². The molecule has 0 spiro atoms. The summed E-state index contributed by atoms with van der Waals surface area (Å²) in [5.74, 6) is -0.912. The summed E-state index contributed by atoms with van der Waals surface area (Å²) in [4.78, 5) is 29.4. The van der Waals surface area contributed by atoms with Crippen LogP contribution in [-0.4, -0.2) is 29.8 Å². The van der Waals surface area contributed by atoms with Gasteiger partial charge in [-0.15, -0.1) is 0 Å². The second-order valence-corrected chi connectivity index (χ2v) is 10.1. The summed E-state index contributed by atoms with van der Waals surface area (Å²) in [6.45, 7) is 2.77. The predicted octanol–water partition coefficient (Wildman–Crippen LogP) is 6.93. The lowest BCUT2D eigenvalue weighted by Gasteiger charge is -2.42. The number of amides is 2. The van der Waals surface area contributed by atoms with E-state index in [1.54, 1.807) is 17.0 Å². The fourth-order valence-electron chi connectivity index (χ4n) is 5.66. The number of nitrogens with zero attached hydrogens (tertiary/aromatic N) is 1. The number of carbonyl (C=O) groups excluding carboxylic acids is 2. The van der Waals surface area contributed by atoms with E-state index in [1.165, 1.54) is 6.07 Å². The molecule has 0 aliphatic carbocycles. The monoisotopic (exact) mass is 520 g/mol. The highest BCUT2D eigenvalue weighted by molar-refractivity contribution is 6.01. The molecule has 5 rings (SSSR count). The fraction of sp³-hybridized carbons (Fsp3) is 0.235. The van der Waals surface area contributed by atoms with E-state index in [9.17, 15) is 9.59 Å². The maximum atomic E-state index is 15.1. The Kier molecular flexibility index (Phi) is 7.87. The normalized spacial score (nSPS) is 15.4. The molecule has 0 unspecified atom stereocenters. The summed E-state index contributed by atoms with van der Waals surface area (Å²) >= 11 is 0. The highest BCUT2D eigenvalue weighted by atomic mass is 19.1. The van der Waals surface area contributed by atoms with Crippen LogP contribution in [0.3, 0.4) is 0 Å². The van der Waals surface area contributed by atoms with Crippen molar-refractivity contribution >= 4 is 11.8 Å². The third-order valence-electron chi connectivity index (χ3n) is 7.89. The Morgan fingerprint density at radius 2 is 1.41 bits per heavy atom. The molecular weight excluding hydrogens is 487 g/mol. The van der Waals surface area contributed by atoms with E-state index in [4.69, 9.17) is 0 Å². The smallest absolute Gasteiger partial charge is 0.257 e. The minimum absolute atomic E-state index is 0.0348. The first kappa shape index (κ1) is 26.4. The van der Waals surface area contributed by atoms with Crippen LogP contribution in [0.1, 0.15) is 53.7 Å². The summed E-state index contributed by atoms with van der Waals surface area (Å²) in [5.41, 5.74) is 2.67. The van der Waals surface area contributed by atoms with Crippen LogP contribution in [0.4, 0.5) is 4.39 Å². The summed E-state index contributed by atoms with van der Waals surface area (Å²) in [7, 11) is 0. The molecule has 0 radical (unpaired) electrons. The van der Waals surface area contributed by atoms with E-state index in [2.05, 4.69) is 12.2 Å². The van der Waals surface area contributed by atoms with Gasteiger partial charge in [0.1, 0.15) is 5.82 Å². The van der Waals surface area contributed by atoms with Gasteiger partial charge in [-0.05, 0) is 47.6 Å². The van der Waals surface area contributed by atoms with Crippen LogP contribution in [-0.2, 0) is 10.2 Å². The molecule has 4 aromatic rings. The molecule has 1 fully saturated rings. The van der Waals surface area contributed by atoms with Gasteiger partial charge in [-0.25, -0.2) is 4.39 Å². The lowest BCUT2D eigenvalue weighted by molar-refractivity contribution is -0.129. The Morgan fingerprint density at radius 3 is 2.03 bits per heavy atom. The quantitative estimate of drug-likeness (QED) is 0.287. The number of hydrogen-bond acceptors (Lipinski definition) is 2. The Bertz CT molecular complexity index is 1420. The van der Waals surface area contributed by atoms with Crippen LogP contribution in [0.15, 0.2) is 109 Å². The Hall–Kier alpha value is -4.25. The van der Waals surface area contributed by atoms with Crippen molar-refractivity contribution in [2.24, 2.45) is 0 Å². The summed E-state index contributed by atoms with van der Waals surface area (Å²) in [5, 5.41) is 3.31. The van der Waals surface area contributed by atoms with E-state index in [-0.39, 0.29) is 23.4 Å². The lowest BCUT2D eigenvalue weighted by Crippen LogP contribution is -2.53. The first-order valence-electron chi connectivity index (χ1n) is 13.6. The van der Waals surface area contributed by atoms with Crippen molar-refractivity contribution in [2.45, 2.75) is 37.6 Å². The first-order chi connectivity index (χ1) is 19.0. The highest BCUT2D eigenvalue weighted by Gasteiger charge is 2.44. The minimum atomic E-state index is -0.780. The van der Waals surface area contributed by atoms with Crippen molar-refractivity contribution < 1.29 is 14.0 Å². The maximum absolute atomic E-state index is 15.1. The van der Waals surface area contributed by atoms with Crippen molar-refractivity contribution in [3.05, 3.63) is 132 Å². The molecule has 2 amide bonds. The van der Waals surface area contributed by atoms with Gasteiger partial charge in [0, 0.05) is 13.1 Å². The molecule has 1 aliphatic rings. The third-order valence-corrected chi connectivity index (χ3v) is 7.89. The molecule has 4 nitrogen and oxygen atoms in total. The van der Waals surface area contributed by atoms with E-state index in [1.807, 2.05) is 91.0 Å². The van der Waals surface area contributed by atoms with Crippen molar-refractivity contribution in [2.75, 3.05) is 13.1 Å². The van der Waals surface area contributed by atoms with Gasteiger partial charge in [0.2, 0.25) is 5.91 Å². The van der Waals surface area contributed by atoms with Gasteiger partial charge in [-0.1, -0.05) is 110 Å². The van der Waals surface area contributed by atoms with Crippen LogP contribution in [0, 0.1) is 5.82 Å². The first-order valence-corrected chi connectivity index (χ1v) is 13.6. The Balaban J connectivity index is 1.41. The molecule has 0 bridgehead atoms. The van der Waals surface area contributed by atoms with Crippen LogP contribution in [0.5, 0.6) is 0 Å². The SMILES string of the molecule is CC[C@H](NC(=O)C1(c2ccccc2)CCN(C(=O)c2c(F)cccc2-c2ccccc2)CC1)c1ccccc1. The topological polar surface area (TPSA) is 49.4 Å². The number of benzene rings is 4. The van der Waals surface area contributed by atoms with Gasteiger partial charge in [-0.3, -0.25) is 9.59 Å². The number of carbonyl (C=O) groups is 2. The molecule has 5 heteroatoms. The molecule has 0 aromatic heterocycles. The van der Waals surface area contributed by atoms with Crippen molar-refractivity contribution in [3.63, 3.8) is 0 Å². The zero-order valence-electron chi connectivity index (χ0n) is 22.1. The molecule has 1 heterocycles. The second kappa shape index (κ2) is 11.6. The van der Waals surface area contributed by atoms with Gasteiger partial charge in [0.15, 0.2) is 0 Å². The lowest BCUT2D eigenvalue weighted by atomic mass is 9.71. The van der Waals surface area contributed by atoms with E-state index in [0.29, 0.717) is 31.5 Å². The molecule has 1 aliphatic heterocycles. The molecule has 1 N–H and O–H groups in total. The Morgan fingerprint density at radius 1 is 0.821 bits per heavy atom. The maximum Gasteiger partial charge on any atom is 0.257 e. The number of likely N-dealkylation sites (tertiary alicyclic amines) is 1. The van der Waals surface area contributed by atoms with E-state index < -0.39 is 11.2 Å². The molecule has 0 saturated carbocycles. The highest BCUT2D eigenvalue weighted by Crippen LogP contribution is 2.38. The summed E-state index contributed by atoms with van der Waals surface area (Å²) in [6, 6.07) is 33.8. The van der Waals surface area contributed by atoms with Gasteiger partial charge >= 0.3 is 0 Å². The largest absolute Gasteiger partial charge is 0.349 e. The fourth-order valence-corrected chi connectivity index (χ4v) is 5.66. The molecule has 39 heavy (non-hydrogen) atoms. The second-order valence-electron chi connectivity index (χ2n) is 10.1. The van der Waals surface area contributed by atoms with Gasteiger partial charge < -0.3 is 10.2 Å². The number of halogens is 1. The standard InChI is InChI=1S/C34H33FN2O2/c1-2-30(26-15-8-4-9-16-26)36-33(39)34(27-17-10-5-11-18-27)21-23-37(24-22-34)32(38)31-28(19-12-20-29(31)35)25-13-6-3-7-14-25/h3-20,30H,2,21-24H2,1H3,(H,36,39)/t30-/m0/s1. The van der Waals surface area contributed by atoms with Gasteiger partial charge in [0.05, 0.1) is 17.0 Å². The van der Waals surface area contributed by atoms with Crippen molar-refractivity contribution in [1.29, 1.82) is 0 Å². The molecule has 1 atom stereocenters. The van der Waals surface area contributed by atoms with E-state index >= 15 is 4.39 Å². The molecule has 4 aromatic carbocycles. The van der Waals surface area contributed by atoms with Gasteiger partial charge in [-0.2, -0.15) is 0 Å². The van der Waals surface area contributed by atoms with Crippen molar-refractivity contribution in [1.82, 2.24) is 10.2 Å². The van der Waals surface area contributed by atoms with Crippen molar-refractivity contribution in [3.8, 4) is 11.1 Å². The number of rotatable bonds is 7. The minimum Gasteiger partial charge on any atom is -0.349 e.